The first kappa shape index (κ1) is 28.9. The zero-order valence-electron chi connectivity index (χ0n) is 19.6. The molecule has 6 heteroatoms. The van der Waals surface area contributed by atoms with Crippen LogP contribution < -0.4 is 0 Å². The molecule has 0 bridgehead atoms. The summed E-state index contributed by atoms with van der Waals surface area (Å²) in [5, 5.41) is 0. The largest absolute Gasteiger partial charge is 0.469 e. The van der Waals surface area contributed by atoms with E-state index in [-0.39, 0.29) is 25.0 Å². The fourth-order valence-corrected chi connectivity index (χ4v) is 3.15. The van der Waals surface area contributed by atoms with Crippen LogP contribution >= 0.6 is 0 Å². The van der Waals surface area contributed by atoms with E-state index in [4.69, 9.17) is 14.2 Å². The zero-order chi connectivity index (χ0) is 22.1. The van der Waals surface area contributed by atoms with Crippen molar-refractivity contribution in [1.29, 1.82) is 0 Å². The van der Waals surface area contributed by atoms with E-state index in [1.807, 2.05) is 0 Å². The molecule has 178 valence electrons. The second-order valence-corrected chi connectivity index (χ2v) is 7.76. The van der Waals surface area contributed by atoms with E-state index in [9.17, 15) is 9.59 Å². The summed E-state index contributed by atoms with van der Waals surface area (Å²) < 4.78 is 20.2. The minimum absolute atomic E-state index is 0.143. The summed E-state index contributed by atoms with van der Waals surface area (Å²) in [5.74, 6) is -0.428. The standard InChI is InChI=1S/C24H46O6/c1-3-4-5-6-7-8-9-10-11-12-13-14-15-16-24(26)30-22-21-29-20-19-28-18-17-23(25)27-2/h3-22H2,1-2H3. The third kappa shape index (κ3) is 23.1. The van der Waals surface area contributed by atoms with Crippen LogP contribution in [0.15, 0.2) is 0 Å². The summed E-state index contributed by atoms with van der Waals surface area (Å²) in [6.45, 7) is 4.05. The van der Waals surface area contributed by atoms with Crippen LogP contribution in [0.3, 0.4) is 0 Å². The SMILES string of the molecule is CCCCCCCCCCCCCCCC(=O)OCCOCCOCCC(=O)OC. The van der Waals surface area contributed by atoms with Gasteiger partial charge in [-0.2, -0.15) is 0 Å². The number of hydrogen-bond donors (Lipinski definition) is 0. The third-order valence-electron chi connectivity index (χ3n) is 5.03. The van der Waals surface area contributed by atoms with Gasteiger partial charge in [-0.1, -0.05) is 84.0 Å². The van der Waals surface area contributed by atoms with Gasteiger partial charge in [-0.25, -0.2) is 0 Å². The third-order valence-corrected chi connectivity index (χ3v) is 5.03. The Hall–Kier alpha value is -1.14. The van der Waals surface area contributed by atoms with Crippen molar-refractivity contribution in [2.75, 3.05) is 40.1 Å². The monoisotopic (exact) mass is 430 g/mol. The van der Waals surface area contributed by atoms with Gasteiger partial charge in [0.15, 0.2) is 0 Å². The molecule has 0 aromatic carbocycles. The molecule has 0 aromatic heterocycles. The molecule has 0 saturated heterocycles. The number of carbonyl (C=O) groups is 2. The van der Waals surface area contributed by atoms with Crippen LogP contribution in [0.25, 0.3) is 0 Å². The van der Waals surface area contributed by atoms with Crippen molar-refractivity contribution in [1.82, 2.24) is 0 Å². The first-order chi connectivity index (χ1) is 14.7. The van der Waals surface area contributed by atoms with Crippen molar-refractivity contribution in [2.24, 2.45) is 0 Å². The van der Waals surface area contributed by atoms with Gasteiger partial charge >= 0.3 is 11.9 Å². The fourth-order valence-electron chi connectivity index (χ4n) is 3.15. The van der Waals surface area contributed by atoms with Crippen LogP contribution in [0.5, 0.6) is 0 Å². The number of carbonyl (C=O) groups excluding carboxylic acids is 2. The van der Waals surface area contributed by atoms with Gasteiger partial charge in [0.2, 0.25) is 0 Å². The molecule has 0 N–H and O–H groups in total. The minimum Gasteiger partial charge on any atom is -0.469 e. The van der Waals surface area contributed by atoms with Crippen molar-refractivity contribution in [3.8, 4) is 0 Å². The van der Waals surface area contributed by atoms with Crippen molar-refractivity contribution in [3.63, 3.8) is 0 Å². The van der Waals surface area contributed by atoms with Crippen LogP contribution in [0, 0.1) is 0 Å². The highest BCUT2D eigenvalue weighted by Gasteiger charge is 2.03. The summed E-state index contributed by atoms with van der Waals surface area (Å²) in [6, 6.07) is 0. The lowest BCUT2D eigenvalue weighted by atomic mass is 10.0. The summed E-state index contributed by atoms with van der Waals surface area (Å²) in [5.41, 5.74) is 0. The average Bonchev–Trinajstić information content (AvgIpc) is 2.75. The maximum absolute atomic E-state index is 11.7. The lowest BCUT2D eigenvalue weighted by Gasteiger charge is -2.07. The Balaban J connectivity index is 3.18. The molecule has 0 heterocycles. The van der Waals surface area contributed by atoms with Crippen LogP contribution in [0.1, 0.15) is 103 Å². The van der Waals surface area contributed by atoms with E-state index in [2.05, 4.69) is 11.7 Å². The molecule has 0 radical (unpaired) electrons. The van der Waals surface area contributed by atoms with E-state index in [0.717, 1.165) is 12.8 Å². The van der Waals surface area contributed by atoms with E-state index in [1.165, 1.54) is 77.7 Å². The maximum atomic E-state index is 11.7. The molecule has 0 amide bonds. The Morgan fingerprint density at radius 1 is 0.533 bits per heavy atom. The summed E-state index contributed by atoms with van der Waals surface area (Å²) >= 11 is 0. The molecule has 0 spiro atoms. The lowest BCUT2D eigenvalue weighted by molar-refractivity contribution is -0.145. The fraction of sp³-hybridized carbons (Fsp3) is 0.917. The molecule has 0 atom stereocenters. The Bertz CT molecular complexity index is 386. The summed E-state index contributed by atoms with van der Waals surface area (Å²) in [6.07, 6.45) is 17.6. The highest BCUT2D eigenvalue weighted by molar-refractivity contribution is 5.69. The Morgan fingerprint density at radius 3 is 1.53 bits per heavy atom. The molecule has 0 aliphatic heterocycles. The van der Waals surface area contributed by atoms with Crippen molar-refractivity contribution in [3.05, 3.63) is 0 Å². The molecule has 30 heavy (non-hydrogen) atoms. The maximum Gasteiger partial charge on any atom is 0.307 e. The van der Waals surface area contributed by atoms with Crippen LogP contribution in [-0.4, -0.2) is 52.1 Å². The Kier molecular flexibility index (Phi) is 23.2. The molecule has 0 rings (SSSR count). The van der Waals surface area contributed by atoms with Gasteiger partial charge in [0.25, 0.3) is 0 Å². The van der Waals surface area contributed by atoms with Gasteiger partial charge in [-0.05, 0) is 6.42 Å². The molecule has 0 aromatic rings. The van der Waals surface area contributed by atoms with Crippen molar-refractivity contribution >= 4 is 11.9 Å². The number of unbranched alkanes of at least 4 members (excludes halogenated alkanes) is 12. The van der Waals surface area contributed by atoms with Crippen LogP contribution in [-0.2, 0) is 28.5 Å². The normalized spacial score (nSPS) is 10.9. The smallest absolute Gasteiger partial charge is 0.307 e. The number of methoxy groups -OCH3 is 1. The first-order valence-corrected chi connectivity index (χ1v) is 12.1. The molecule has 0 aliphatic rings. The van der Waals surface area contributed by atoms with Gasteiger partial charge in [-0.3, -0.25) is 9.59 Å². The van der Waals surface area contributed by atoms with Crippen LogP contribution in [0.4, 0.5) is 0 Å². The predicted molar refractivity (Wildman–Crippen MR) is 120 cm³/mol. The minimum atomic E-state index is -0.286. The van der Waals surface area contributed by atoms with Crippen molar-refractivity contribution < 1.29 is 28.5 Å². The van der Waals surface area contributed by atoms with Gasteiger partial charge < -0.3 is 18.9 Å². The quantitative estimate of drug-likeness (QED) is 0.155. The van der Waals surface area contributed by atoms with Gasteiger partial charge in [0, 0.05) is 6.42 Å². The average molecular weight is 431 g/mol. The second kappa shape index (κ2) is 24.1. The molecular weight excluding hydrogens is 384 g/mol. The second-order valence-electron chi connectivity index (χ2n) is 7.76. The molecule has 0 unspecified atom stereocenters. The van der Waals surface area contributed by atoms with Gasteiger partial charge in [0.1, 0.15) is 6.61 Å². The predicted octanol–water partition coefficient (Wildman–Crippen LogP) is 5.61. The number of rotatable bonds is 23. The summed E-state index contributed by atoms with van der Waals surface area (Å²) in [4.78, 5) is 22.5. The molecule has 0 aliphatic carbocycles. The Labute approximate surface area is 184 Å². The van der Waals surface area contributed by atoms with Gasteiger partial charge in [-0.15, -0.1) is 0 Å². The van der Waals surface area contributed by atoms with E-state index in [1.54, 1.807) is 0 Å². The lowest BCUT2D eigenvalue weighted by Crippen LogP contribution is -2.13. The number of hydrogen-bond acceptors (Lipinski definition) is 6. The van der Waals surface area contributed by atoms with Crippen LogP contribution in [0.2, 0.25) is 0 Å². The molecule has 0 saturated carbocycles. The molecular formula is C24H46O6. The highest BCUT2D eigenvalue weighted by atomic mass is 16.6. The molecule has 6 nitrogen and oxygen atoms in total. The first-order valence-electron chi connectivity index (χ1n) is 12.1. The van der Waals surface area contributed by atoms with Crippen molar-refractivity contribution in [2.45, 2.75) is 103 Å². The zero-order valence-corrected chi connectivity index (χ0v) is 19.6. The number of esters is 2. The topological polar surface area (TPSA) is 71.1 Å². The summed E-state index contributed by atoms with van der Waals surface area (Å²) in [7, 11) is 1.35. The molecule has 0 fully saturated rings. The van der Waals surface area contributed by atoms with E-state index < -0.39 is 0 Å². The van der Waals surface area contributed by atoms with E-state index in [0.29, 0.717) is 32.8 Å². The van der Waals surface area contributed by atoms with Gasteiger partial charge in [0.05, 0.1) is 40.0 Å². The number of ether oxygens (including phenoxy) is 4. The highest BCUT2D eigenvalue weighted by Crippen LogP contribution is 2.13. The van der Waals surface area contributed by atoms with E-state index >= 15 is 0 Å². The Morgan fingerprint density at radius 2 is 1.00 bits per heavy atom.